The molecule has 0 aliphatic carbocycles. The van der Waals surface area contributed by atoms with Crippen LogP contribution in [0.1, 0.15) is 96.8 Å². The van der Waals surface area contributed by atoms with Crippen molar-refractivity contribution >= 4 is 5.97 Å². The standard InChI is InChI=1S/C25H50N2O2/c1-5-6-7-8-9-10-11-12-13-14-15-16-17-18-19-20-25(28)29-24-23-27(4)22-21-26(2)3/h12-13H,5-11,14-24H2,1-4H3/b13-12-. The van der Waals surface area contributed by atoms with Gasteiger partial charge in [-0.1, -0.05) is 70.4 Å². The van der Waals surface area contributed by atoms with Crippen molar-refractivity contribution in [3.63, 3.8) is 0 Å². The van der Waals surface area contributed by atoms with Crippen LogP contribution in [0.15, 0.2) is 12.2 Å². The summed E-state index contributed by atoms with van der Waals surface area (Å²) in [7, 11) is 6.21. The first-order valence-electron chi connectivity index (χ1n) is 12.2. The normalized spacial score (nSPS) is 11.8. The molecule has 4 heteroatoms. The van der Waals surface area contributed by atoms with Crippen LogP contribution in [0.25, 0.3) is 0 Å². The van der Waals surface area contributed by atoms with Crippen LogP contribution in [-0.2, 0) is 9.53 Å². The Hall–Kier alpha value is -0.870. The monoisotopic (exact) mass is 410 g/mol. The Morgan fingerprint density at radius 2 is 1.28 bits per heavy atom. The second-order valence-electron chi connectivity index (χ2n) is 8.66. The van der Waals surface area contributed by atoms with Crippen molar-refractivity contribution in [2.45, 2.75) is 96.8 Å². The van der Waals surface area contributed by atoms with Crippen LogP contribution in [-0.4, -0.2) is 63.2 Å². The number of ether oxygens (including phenoxy) is 1. The highest BCUT2D eigenvalue weighted by molar-refractivity contribution is 5.69. The summed E-state index contributed by atoms with van der Waals surface area (Å²) in [5.41, 5.74) is 0. The topological polar surface area (TPSA) is 32.8 Å². The second kappa shape index (κ2) is 21.8. The molecule has 0 atom stereocenters. The number of rotatable bonds is 21. The maximum absolute atomic E-state index is 11.8. The predicted molar refractivity (Wildman–Crippen MR) is 126 cm³/mol. The van der Waals surface area contributed by atoms with E-state index in [9.17, 15) is 4.79 Å². The van der Waals surface area contributed by atoms with E-state index in [0.717, 1.165) is 32.5 Å². The van der Waals surface area contributed by atoms with Gasteiger partial charge in [-0.2, -0.15) is 0 Å². The van der Waals surface area contributed by atoms with Gasteiger partial charge in [-0.05, 0) is 53.2 Å². The van der Waals surface area contributed by atoms with E-state index in [1.165, 1.54) is 70.6 Å². The Morgan fingerprint density at radius 3 is 1.86 bits per heavy atom. The Kier molecular flexibility index (Phi) is 21.2. The van der Waals surface area contributed by atoms with Crippen LogP contribution in [0, 0.1) is 0 Å². The van der Waals surface area contributed by atoms with E-state index in [4.69, 9.17) is 4.74 Å². The molecular weight excluding hydrogens is 360 g/mol. The first-order chi connectivity index (χ1) is 14.1. The molecule has 0 aliphatic rings. The van der Waals surface area contributed by atoms with Crippen LogP contribution in [0.2, 0.25) is 0 Å². The van der Waals surface area contributed by atoms with E-state index in [1.807, 2.05) is 0 Å². The molecule has 0 amide bonds. The maximum atomic E-state index is 11.8. The van der Waals surface area contributed by atoms with Gasteiger partial charge in [0.15, 0.2) is 0 Å². The summed E-state index contributed by atoms with van der Waals surface area (Å²) < 4.78 is 5.34. The fourth-order valence-corrected chi connectivity index (χ4v) is 3.21. The van der Waals surface area contributed by atoms with E-state index < -0.39 is 0 Å². The fourth-order valence-electron chi connectivity index (χ4n) is 3.21. The SMILES string of the molecule is CCCCCCCC/C=C\CCCCCCCC(=O)OCCN(C)CCN(C)C. The van der Waals surface area contributed by atoms with Gasteiger partial charge in [-0.3, -0.25) is 4.79 Å². The molecule has 0 saturated carbocycles. The summed E-state index contributed by atoms with van der Waals surface area (Å²) in [4.78, 5) is 16.1. The molecule has 0 saturated heterocycles. The van der Waals surface area contributed by atoms with Gasteiger partial charge in [0.05, 0.1) is 0 Å². The minimum Gasteiger partial charge on any atom is -0.464 e. The molecule has 0 fully saturated rings. The van der Waals surface area contributed by atoms with Crippen LogP contribution in [0.4, 0.5) is 0 Å². The molecule has 172 valence electrons. The van der Waals surface area contributed by atoms with Crippen molar-refractivity contribution in [3.05, 3.63) is 12.2 Å². The zero-order valence-electron chi connectivity index (χ0n) is 20.1. The molecule has 0 aromatic heterocycles. The molecule has 0 unspecified atom stereocenters. The van der Waals surface area contributed by atoms with Crippen molar-refractivity contribution in [1.29, 1.82) is 0 Å². The summed E-state index contributed by atoms with van der Waals surface area (Å²) in [6.45, 7) is 5.62. The van der Waals surface area contributed by atoms with E-state index in [1.54, 1.807) is 0 Å². The Bertz CT molecular complexity index is 383. The first kappa shape index (κ1) is 28.1. The largest absolute Gasteiger partial charge is 0.464 e. The van der Waals surface area contributed by atoms with Gasteiger partial charge in [0, 0.05) is 26.1 Å². The zero-order valence-corrected chi connectivity index (χ0v) is 20.1. The number of carbonyl (C=O) groups excluding carboxylic acids is 1. The first-order valence-corrected chi connectivity index (χ1v) is 12.2. The minimum absolute atomic E-state index is 0.0383. The smallest absolute Gasteiger partial charge is 0.305 e. The zero-order chi connectivity index (χ0) is 21.6. The molecule has 0 N–H and O–H groups in total. The molecule has 0 aliphatic heterocycles. The number of hydrogen-bond donors (Lipinski definition) is 0. The summed E-state index contributed by atoms with van der Waals surface area (Å²) in [6.07, 6.45) is 21.9. The highest BCUT2D eigenvalue weighted by Gasteiger charge is 2.04. The summed E-state index contributed by atoms with van der Waals surface area (Å²) >= 11 is 0. The molecule has 0 aromatic rings. The number of unbranched alkanes of at least 4 members (excludes halogenated alkanes) is 11. The van der Waals surface area contributed by atoms with Crippen molar-refractivity contribution in [2.75, 3.05) is 47.4 Å². The lowest BCUT2D eigenvalue weighted by Gasteiger charge is -2.18. The quantitative estimate of drug-likeness (QED) is 0.131. The molecule has 0 aromatic carbocycles. The third-order valence-electron chi connectivity index (χ3n) is 5.31. The van der Waals surface area contributed by atoms with E-state index in [0.29, 0.717) is 13.0 Å². The van der Waals surface area contributed by atoms with Gasteiger partial charge in [0.1, 0.15) is 6.61 Å². The minimum atomic E-state index is -0.0383. The van der Waals surface area contributed by atoms with Crippen molar-refractivity contribution in [1.82, 2.24) is 9.80 Å². The van der Waals surface area contributed by atoms with E-state index in [2.05, 4.69) is 50.0 Å². The van der Waals surface area contributed by atoms with Gasteiger partial charge >= 0.3 is 5.97 Å². The number of nitrogens with zero attached hydrogens (tertiary/aromatic N) is 2. The van der Waals surface area contributed by atoms with Crippen LogP contribution in [0.5, 0.6) is 0 Å². The Balaban J connectivity index is 3.31. The average molecular weight is 411 g/mol. The number of carbonyl (C=O) groups is 1. The predicted octanol–water partition coefficient (Wildman–Crippen LogP) is 6.06. The lowest BCUT2D eigenvalue weighted by atomic mass is 10.1. The van der Waals surface area contributed by atoms with Crippen molar-refractivity contribution in [3.8, 4) is 0 Å². The molecule has 0 radical (unpaired) electrons. The van der Waals surface area contributed by atoms with Crippen molar-refractivity contribution < 1.29 is 9.53 Å². The van der Waals surface area contributed by atoms with Gasteiger partial charge in [0.25, 0.3) is 0 Å². The second-order valence-corrected chi connectivity index (χ2v) is 8.66. The number of esters is 1. The van der Waals surface area contributed by atoms with Gasteiger partial charge < -0.3 is 14.5 Å². The van der Waals surface area contributed by atoms with Crippen LogP contribution < -0.4 is 0 Å². The highest BCUT2D eigenvalue weighted by Crippen LogP contribution is 2.10. The summed E-state index contributed by atoms with van der Waals surface area (Å²) in [5, 5.41) is 0. The number of likely N-dealkylation sites (N-methyl/N-ethyl adjacent to an activating group) is 2. The maximum Gasteiger partial charge on any atom is 0.305 e. The molecule has 0 spiro atoms. The van der Waals surface area contributed by atoms with E-state index in [-0.39, 0.29) is 5.97 Å². The molecule has 0 bridgehead atoms. The molecule has 0 rings (SSSR count). The molecule has 4 nitrogen and oxygen atoms in total. The van der Waals surface area contributed by atoms with Gasteiger partial charge in [-0.15, -0.1) is 0 Å². The fraction of sp³-hybridized carbons (Fsp3) is 0.880. The van der Waals surface area contributed by atoms with Gasteiger partial charge in [-0.25, -0.2) is 0 Å². The van der Waals surface area contributed by atoms with Crippen LogP contribution >= 0.6 is 0 Å². The Morgan fingerprint density at radius 1 is 0.724 bits per heavy atom. The van der Waals surface area contributed by atoms with Gasteiger partial charge in [0.2, 0.25) is 0 Å². The summed E-state index contributed by atoms with van der Waals surface area (Å²) in [5.74, 6) is -0.0383. The third-order valence-corrected chi connectivity index (χ3v) is 5.31. The van der Waals surface area contributed by atoms with Crippen molar-refractivity contribution in [2.24, 2.45) is 0 Å². The molecule has 29 heavy (non-hydrogen) atoms. The van der Waals surface area contributed by atoms with E-state index >= 15 is 0 Å². The lowest BCUT2D eigenvalue weighted by molar-refractivity contribution is -0.144. The molecular formula is C25H50N2O2. The number of hydrogen-bond acceptors (Lipinski definition) is 4. The highest BCUT2D eigenvalue weighted by atomic mass is 16.5. The number of allylic oxidation sites excluding steroid dienone is 2. The average Bonchev–Trinajstić information content (AvgIpc) is 2.69. The lowest BCUT2D eigenvalue weighted by Crippen LogP contribution is -2.31. The Labute approximate surface area is 182 Å². The van der Waals surface area contributed by atoms with Crippen LogP contribution in [0.3, 0.4) is 0 Å². The summed E-state index contributed by atoms with van der Waals surface area (Å²) in [6, 6.07) is 0. The third kappa shape index (κ3) is 23.3. The molecule has 0 heterocycles.